The number of hydrogen-bond acceptors (Lipinski definition) is 13. The number of unbranched alkanes of at least 4 members (excludes halogenated alkanes) is 9. The summed E-state index contributed by atoms with van der Waals surface area (Å²) in [7, 11) is -22.4. The van der Waals surface area contributed by atoms with E-state index >= 15 is 0 Å². The van der Waals surface area contributed by atoms with E-state index in [0.717, 1.165) is 0 Å². The van der Waals surface area contributed by atoms with Gasteiger partial charge >= 0.3 is 118 Å². The normalized spacial score (nSPS) is 10.3. The summed E-state index contributed by atoms with van der Waals surface area (Å²) in [5, 5.41) is 0. The van der Waals surface area contributed by atoms with Crippen LogP contribution in [0.15, 0.2) is 0 Å². The molecular formula is C36H105N3Na4O24P4. The molecule has 0 rings (SSSR count). The van der Waals surface area contributed by atoms with Gasteiger partial charge in [0.1, 0.15) is 0 Å². The maximum Gasteiger partial charge on any atom is 1.00 e. The molecule has 0 fully saturated rings. The fourth-order valence-corrected chi connectivity index (χ4v) is 7.21. The topological polar surface area (TPSA) is 597 Å². The average molecular weight is 1180 g/mol. The van der Waals surface area contributed by atoms with Gasteiger partial charge in [-0.05, 0) is 57.8 Å². The standard InChI is InChI=1S/3C12H27N.4Na.2H4O7P2.10H2O/c3*1-4-7-10-13(11-8-5-2)12-9-6-3;;;;;2*1-8(2,3)7-9(4,5)6;;;;;;;;;;/h3*4-12H2,1-3H3;;;;;2*(H2,1,2,3)(H2,4,5,6);10*1H2/q;;;4*+1;;;;;;;;;;;;/p-4. The van der Waals surface area contributed by atoms with Crippen molar-refractivity contribution in [2.24, 2.45) is 0 Å². The molecule has 35 heteroatoms. The molecule has 0 aliphatic heterocycles. The Morgan fingerprint density at radius 2 is 0.408 bits per heavy atom. The van der Waals surface area contributed by atoms with Crippen molar-refractivity contribution in [2.75, 3.05) is 58.9 Å². The van der Waals surface area contributed by atoms with E-state index < -0.39 is 31.3 Å². The zero-order valence-electron chi connectivity index (χ0n) is 46.1. The SMILES string of the molecule is CCCC[NH+](CCCC)CCCC.CCCC[NH+](CCCC)CCCC.CCCC[NH+](CCCC)CCCC.O.O.O.O.O.O.O.O.O.O.O=P([O-])([O-])OP(=O)([O-])O.O=P([O-])([O-])OP(=O)([O-])[O-].[Na+].[Na+].[Na+].[Na+]. The molecule has 0 aliphatic carbocycles. The van der Waals surface area contributed by atoms with Crippen LogP contribution in [0.2, 0.25) is 0 Å². The summed E-state index contributed by atoms with van der Waals surface area (Å²) in [6.45, 7) is 33.2. The molecule has 0 saturated heterocycles. The third kappa shape index (κ3) is 142. The van der Waals surface area contributed by atoms with Gasteiger partial charge in [-0.25, -0.2) is 0 Å². The van der Waals surface area contributed by atoms with E-state index in [4.69, 9.17) is 4.89 Å². The second kappa shape index (κ2) is 90.5. The van der Waals surface area contributed by atoms with E-state index in [1.165, 1.54) is 174 Å². The van der Waals surface area contributed by atoms with Crippen LogP contribution in [0.1, 0.15) is 178 Å². The molecular weight excluding hydrogens is 1070 g/mol. The smallest absolute Gasteiger partial charge is 0.790 e. The molecule has 432 valence electrons. The van der Waals surface area contributed by atoms with Crippen molar-refractivity contribution >= 4 is 31.3 Å². The predicted molar refractivity (Wildman–Crippen MR) is 252 cm³/mol. The molecule has 0 amide bonds. The second-order valence-electron chi connectivity index (χ2n) is 14.2. The first-order chi connectivity index (χ1) is 26.5. The molecule has 24 N–H and O–H groups in total. The number of quaternary nitrogens is 3. The third-order valence-corrected chi connectivity index (χ3v) is 11.6. The molecule has 0 aromatic carbocycles. The molecule has 1 atom stereocenters. The number of nitrogens with one attached hydrogen (secondary N) is 3. The van der Waals surface area contributed by atoms with Gasteiger partial charge in [0, 0.05) is 0 Å². The minimum Gasteiger partial charge on any atom is -0.790 e. The van der Waals surface area contributed by atoms with Crippen molar-refractivity contribution in [3.63, 3.8) is 0 Å². The van der Waals surface area contributed by atoms with Gasteiger partial charge in [0.2, 0.25) is 0 Å². The van der Waals surface area contributed by atoms with Crippen molar-refractivity contribution in [3.05, 3.63) is 0 Å². The Balaban J connectivity index is -0.0000000269. The molecule has 0 spiro atoms. The molecule has 0 radical (unpaired) electrons. The third-order valence-electron chi connectivity index (χ3n) is 8.36. The van der Waals surface area contributed by atoms with Gasteiger partial charge in [-0.3, -0.25) is 8.88 Å². The van der Waals surface area contributed by atoms with Crippen LogP contribution in [0.5, 0.6) is 0 Å². The Bertz CT molecular complexity index is 856. The Labute approximate surface area is 516 Å². The van der Waals surface area contributed by atoms with Crippen molar-refractivity contribution in [3.8, 4) is 0 Å². The van der Waals surface area contributed by atoms with Crippen LogP contribution in [0, 0.1) is 0 Å². The van der Waals surface area contributed by atoms with Crippen molar-refractivity contribution in [1.29, 1.82) is 0 Å². The van der Waals surface area contributed by atoms with Gasteiger partial charge in [-0.2, -0.15) is 0 Å². The Morgan fingerprint density at radius 1 is 0.296 bits per heavy atom. The van der Waals surface area contributed by atoms with E-state index in [-0.39, 0.29) is 173 Å². The maximum absolute atomic E-state index is 9.44. The van der Waals surface area contributed by atoms with Crippen LogP contribution in [0.25, 0.3) is 0 Å². The largest absolute Gasteiger partial charge is 1.00 e. The zero-order chi connectivity index (χ0) is 45.2. The molecule has 0 bridgehead atoms. The summed E-state index contributed by atoms with van der Waals surface area (Å²) in [4.78, 5) is 78.5. The first kappa shape index (κ1) is 131. The van der Waals surface area contributed by atoms with E-state index in [1.807, 2.05) is 14.7 Å². The number of hydrogen-bond donors (Lipinski definition) is 4. The number of phosphoric acid groups is 4. The monoisotopic (exact) mass is 1180 g/mol. The fraction of sp³-hybridized carbons (Fsp3) is 1.00. The van der Waals surface area contributed by atoms with E-state index in [0.29, 0.717) is 0 Å². The van der Waals surface area contributed by atoms with E-state index in [2.05, 4.69) is 70.9 Å². The average Bonchev–Trinajstić information content (AvgIpc) is 3.08. The van der Waals surface area contributed by atoms with Crippen LogP contribution in [-0.2, 0) is 26.9 Å². The van der Waals surface area contributed by atoms with Crippen LogP contribution < -0.4 is 167 Å². The quantitative estimate of drug-likeness (QED) is 0.0370. The van der Waals surface area contributed by atoms with Gasteiger partial charge in [0.15, 0.2) is 0 Å². The van der Waals surface area contributed by atoms with Crippen molar-refractivity contribution < 1.29 is 254 Å². The summed E-state index contributed by atoms with van der Waals surface area (Å²) in [6, 6.07) is 0. The van der Waals surface area contributed by atoms with Crippen LogP contribution >= 0.6 is 31.3 Å². The van der Waals surface area contributed by atoms with Crippen molar-refractivity contribution in [2.45, 2.75) is 178 Å². The molecule has 1 unspecified atom stereocenters. The molecule has 0 aliphatic rings. The predicted octanol–water partition coefficient (Wildman–Crippen LogP) is -19.5. The molecule has 0 aromatic rings. The van der Waals surface area contributed by atoms with Gasteiger partial charge in [-0.15, -0.1) is 0 Å². The molecule has 71 heavy (non-hydrogen) atoms. The summed E-state index contributed by atoms with van der Waals surface area (Å²) < 4.78 is 42.6. The second-order valence-corrected chi connectivity index (χ2v) is 19.1. The van der Waals surface area contributed by atoms with Crippen LogP contribution in [0.3, 0.4) is 0 Å². The Hall–Kier alpha value is 4.00. The van der Waals surface area contributed by atoms with E-state index in [9.17, 15) is 52.5 Å². The fourth-order valence-electron chi connectivity index (χ4n) is 5.21. The van der Waals surface area contributed by atoms with Gasteiger partial charge in [0.25, 0.3) is 7.82 Å². The van der Waals surface area contributed by atoms with Gasteiger partial charge in [0.05, 0.1) is 82.4 Å². The number of rotatable bonds is 31. The summed E-state index contributed by atoms with van der Waals surface area (Å²) in [5.74, 6) is 0. The molecule has 0 aromatic heterocycles. The molecule has 27 nitrogen and oxygen atoms in total. The Kier molecular flexibility index (Phi) is 167. The molecule has 0 heterocycles. The zero-order valence-corrected chi connectivity index (χ0v) is 57.7. The summed E-state index contributed by atoms with van der Waals surface area (Å²) >= 11 is 0. The van der Waals surface area contributed by atoms with E-state index in [1.54, 1.807) is 0 Å². The summed E-state index contributed by atoms with van der Waals surface area (Å²) in [5.41, 5.74) is 0. The van der Waals surface area contributed by atoms with Gasteiger partial charge in [-0.1, -0.05) is 120 Å². The Morgan fingerprint density at radius 3 is 0.451 bits per heavy atom. The minimum absolute atomic E-state index is 0. The summed E-state index contributed by atoms with van der Waals surface area (Å²) in [6.07, 6.45) is 24.8. The first-order valence-corrected chi connectivity index (χ1v) is 27.4. The first-order valence-electron chi connectivity index (χ1n) is 21.5. The van der Waals surface area contributed by atoms with Gasteiger partial charge < -0.3 is 127 Å². The minimum atomic E-state index is -5.68. The van der Waals surface area contributed by atoms with Crippen LogP contribution in [-0.4, -0.2) is 119 Å². The van der Waals surface area contributed by atoms with Crippen LogP contribution in [0.4, 0.5) is 0 Å². The maximum atomic E-state index is 9.44. The molecule has 0 saturated carbocycles. The van der Waals surface area contributed by atoms with Crippen molar-refractivity contribution in [1.82, 2.24) is 0 Å².